The Morgan fingerprint density at radius 1 is 1.22 bits per heavy atom. The Kier molecular flexibility index (Phi) is 4.87. The van der Waals surface area contributed by atoms with Crippen LogP contribution in [-0.2, 0) is 17.8 Å². The lowest BCUT2D eigenvalue weighted by Crippen LogP contribution is -2.35. The van der Waals surface area contributed by atoms with E-state index in [1.165, 1.54) is 0 Å². The summed E-state index contributed by atoms with van der Waals surface area (Å²) in [4.78, 5) is 12.6. The molecule has 0 saturated carbocycles. The molecule has 0 fully saturated rings. The van der Waals surface area contributed by atoms with Gasteiger partial charge in [0.25, 0.3) is 0 Å². The van der Waals surface area contributed by atoms with Gasteiger partial charge in [-0.25, -0.2) is 0 Å². The van der Waals surface area contributed by atoms with E-state index in [2.05, 4.69) is 0 Å². The predicted molar refractivity (Wildman–Crippen MR) is 70.4 cm³/mol. The third-order valence-electron chi connectivity index (χ3n) is 2.49. The zero-order valence-electron chi connectivity index (χ0n) is 11.2. The molecule has 0 aliphatic heterocycles. The van der Waals surface area contributed by atoms with Crippen molar-refractivity contribution in [3.05, 3.63) is 35.4 Å². The maximum atomic E-state index is 10.6. The number of rotatable bonds is 6. The Morgan fingerprint density at radius 2 is 1.72 bits per heavy atom. The average Bonchev–Trinajstić information content (AvgIpc) is 2.17. The number of benzene rings is 1. The van der Waals surface area contributed by atoms with E-state index in [1.807, 2.05) is 36.2 Å². The standard InChI is InChI=1S/C14H21NO3/c1-14(2,18)10-15(3)9-12-6-4-11(5-7-12)8-13(16)17/h4-7,18H,8-10H2,1-3H3,(H,16,17). The summed E-state index contributed by atoms with van der Waals surface area (Å²) < 4.78 is 0. The monoisotopic (exact) mass is 251 g/mol. The van der Waals surface area contributed by atoms with Gasteiger partial charge in [0.05, 0.1) is 12.0 Å². The number of hydrogen-bond acceptors (Lipinski definition) is 3. The molecule has 0 aliphatic carbocycles. The predicted octanol–water partition coefficient (Wildman–Crippen LogP) is 1.52. The molecule has 0 aromatic heterocycles. The second-order valence-corrected chi connectivity index (χ2v) is 5.37. The van der Waals surface area contributed by atoms with Gasteiger partial charge < -0.3 is 10.2 Å². The van der Waals surface area contributed by atoms with Crippen molar-refractivity contribution in [3.63, 3.8) is 0 Å². The van der Waals surface area contributed by atoms with Crippen molar-refractivity contribution in [3.8, 4) is 0 Å². The van der Waals surface area contributed by atoms with E-state index in [-0.39, 0.29) is 6.42 Å². The van der Waals surface area contributed by atoms with Gasteiger partial charge in [0.2, 0.25) is 0 Å². The molecule has 100 valence electrons. The van der Waals surface area contributed by atoms with Crippen molar-refractivity contribution < 1.29 is 15.0 Å². The second kappa shape index (κ2) is 5.98. The van der Waals surface area contributed by atoms with Crippen molar-refractivity contribution in [2.24, 2.45) is 0 Å². The topological polar surface area (TPSA) is 60.8 Å². The summed E-state index contributed by atoms with van der Waals surface area (Å²) in [6.07, 6.45) is 0.0553. The Hall–Kier alpha value is -1.39. The Morgan fingerprint density at radius 3 is 2.17 bits per heavy atom. The molecular formula is C14H21NO3. The van der Waals surface area contributed by atoms with E-state index in [9.17, 15) is 9.90 Å². The summed E-state index contributed by atoms with van der Waals surface area (Å²) in [5.74, 6) is -0.818. The molecular weight excluding hydrogens is 230 g/mol. The highest BCUT2D eigenvalue weighted by Crippen LogP contribution is 2.10. The molecule has 2 N–H and O–H groups in total. The van der Waals surface area contributed by atoms with Crippen LogP contribution in [0.25, 0.3) is 0 Å². The molecule has 1 aromatic rings. The number of likely N-dealkylation sites (N-methyl/N-ethyl adjacent to an activating group) is 1. The molecule has 4 nitrogen and oxygen atoms in total. The summed E-state index contributed by atoms with van der Waals surface area (Å²) in [6.45, 7) is 4.88. The van der Waals surface area contributed by atoms with Crippen molar-refractivity contribution >= 4 is 5.97 Å². The van der Waals surface area contributed by atoms with Crippen LogP contribution in [0.1, 0.15) is 25.0 Å². The number of aliphatic hydroxyl groups is 1. The number of carboxylic acids is 1. The third-order valence-corrected chi connectivity index (χ3v) is 2.49. The number of nitrogens with zero attached hydrogens (tertiary/aromatic N) is 1. The van der Waals surface area contributed by atoms with Crippen LogP contribution in [0, 0.1) is 0 Å². The molecule has 0 bridgehead atoms. The van der Waals surface area contributed by atoms with E-state index < -0.39 is 11.6 Å². The van der Waals surface area contributed by atoms with Gasteiger partial charge in [-0.1, -0.05) is 24.3 Å². The Bertz CT molecular complexity index is 392. The first-order chi connectivity index (χ1) is 8.26. The molecule has 0 heterocycles. The molecule has 0 amide bonds. The first kappa shape index (κ1) is 14.7. The van der Waals surface area contributed by atoms with E-state index in [4.69, 9.17) is 5.11 Å². The minimum atomic E-state index is -0.818. The summed E-state index contributed by atoms with van der Waals surface area (Å²) in [5, 5.41) is 18.4. The Labute approximate surface area is 108 Å². The van der Waals surface area contributed by atoms with Crippen molar-refractivity contribution in [2.45, 2.75) is 32.4 Å². The molecule has 18 heavy (non-hydrogen) atoms. The van der Waals surface area contributed by atoms with Crippen LogP contribution >= 0.6 is 0 Å². The summed E-state index contributed by atoms with van der Waals surface area (Å²) in [6, 6.07) is 7.53. The summed E-state index contributed by atoms with van der Waals surface area (Å²) in [5.41, 5.74) is 1.20. The zero-order chi connectivity index (χ0) is 13.8. The Balaban J connectivity index is 2.55. The van der Waals surface area contributed by atoms with Gasteiger partial charge in [-0.3, -0.25) is 9.69 Å². The summed E-state index contributed by atoms with van der Waals surface area (Å²) in [7, 11) is 1.95. The van der Waals surface area contributed by atoms with Crippen LogP contribution in [0.15, 0.2) is 24.3 Å². The van der Waals surface area contributed by atoms with Crippen LogP contribution in [0.3, 0.4) is 0 Å². The first-order valence-electron chi connectivity index (χ1n) is 5.97. The number of hydrogen-bond donors (Lipinski definition) is 2. The largest absolute Gasteiger partial charge is 0.481 e. The van der Waals surface area contributed by atoms with Crippen molar-refractivity contribution in [2.75, 3.05) is 13.6 Å². The molecule has 0 aliphatic rings. The molecule has 1 aromatic carbocycles. The highest BCUT2D eigenvalue weighted by molar-refractivity contribution is 5.70. The molecule has 0 radical (unpaired) electrons. The van der Waals surface area contributed by atoms with Crippen LogP contribution in [0.4, 0.5) is 0 Å². The van der Waals surface area contributed by atoms with Crippen molar-refractivity contribution in [1.82, 2.24) is 4.90 Å². The first-order valence-corrected chi connectivity index (χ1v) is 5.97. The fourth-order valence-electron chi connectivity index (χ4n) is 1.97. The van der Waals surface area contributed by atoms with Gasteiger partial charge in [-0.2, -0.15) is 0 Å². The summed E-state index contributed by atoms with van der Waals surface area (Å²) >= 11 is 0. The van der Waals surface area contributed by atoms with Gasteiger partial charge in [-0.05, 0) is 32.0 Å². The van der Waals surface area contributed by atoms with Gasteiger partial charge >= 0.3 is 5.97 Å². The molecule has 1 rings (SSSR count). The quantitative estimate of drug-likeness (QED) is 0.804. The van der Waals surface area contributed by atoms with Crippen LogP contribution in [0.5, 0.6) is 0 Å². The third kappa shape index (κ3) is 5.80. The van der Waals surface area contributed by atoms with E-state index in [0.29, 0.717) is 6.54 Å². The fourth-order valence-corrected chi connectivity index (χ4v) is 1.97. The van der Waals surface area contributed by atoms with E-state index in [1.54, 1.807) is 13.8 Å². The molecule has 0 atom stereocenters. The average molecular weight is 251 g/mol. The molecule has 0 spiro atoms. The van der Waals surface area contributed by atoms with Gasteiger partial charge in [0.1, 0.15) is 0 Å². The SMILES string of the molecule is CN(Cc1ccc(CC(=O)O)cc1)CC(C)(C)O. The normalized spacial score (nSPS) is 11.8. The van der Waals surface area contributed by atoms with E-state index >= 15 is 0 Å². The van der Waals surface area contributed by atoms with Crippen LogP contribution in [0.2, 0.25) is 0 Å². The lowest BCUT2D eigenvalue weighted by Gasteiger charge is -2.25. The number of aliphatic carboxylic acids is 1. The number of carbonyl (C=O) groups is 1. The highest BCUT2D eigenvalue weighted by atomic mass is 16.4. The number of carboxylic acid groups (broad SMARTS) is 1. The van der Waals surface area contributed by atoms with Crippen molar-refractivity contribution in [1.29, 1.82) is 0 Å². The maximum absolute atomic E-state index is 10.6. The smallest absolute Gasteiger partial charge is 0.307 e. The molecule has 0 unspecified atom stereocenters. The minimum absolute atomic E-state index is 0.0553. The highest BCUT2D eigenvalue weighted by Gasteiger charge is 2.15. The molecule has 0 saturated heterocycles. The zero-order valence-corrected chi connectivity index (χ0v) is 11.2. The lowest BCUT2D eigenvalue weighted by atomic mass is 10.1. The lowest BCUT2D eigenvalue weighted by molar-refractivity contribution is -0.136. The minimum Gasteiger partial charge on any atom is -0.481 e. The van der Waals surface area contributed by atoms with Crippen LogP contribution in [-0.4, -0.2) is 40.3 Å². The van der Waals surface area contributed by atoms with Gasteiger partial charge in [0.15, 0.2) is 0 Å². The van der Waals surface area contributed by atoms with Gasteiger partial charge in [0, 0.05) is 13.1 Å². The maximum Gasteiger partial charge on any atom is 0.307 e. The fraction of sp³-hybridized carbons (Fsp3) is 0.500. The van der Waals surface area contributed by atoms with E-state index in [0.717, 1.165) is 17.7 Å². The van der Waals surface area contributed by atoms with Crippen LogP contribution < -0.4 is 0 Å². The second-order valence-electron chi connectivity index (χ2n) is 5.37. The van der Waals surface area contributed by atoms with Gasteiger partial charge in [-0.15, -0.1) is 0 Å². The molecule has 4 heteroatoms.